The number of piperidine rings is 1. The average molecular weight is 511 g/mol. The van der Waals surface area contributed by atoms with Crippen LogP contribution >= 0.6 is 11.6 Å². The van der Waals surface area contributed by atoms with E-state index >= 15 is 0 Å². The Labute approximate surface area is 216 Å². The topological polar surface area (TPSA) is 95.9 Å². The number of aliphatic hydroxyl groups is 1. The molecule has 36 heavy (non-hydrogen) atoms. The monoisotopic (exact) mass is 510 g/mol. The zero-order valence-corrected chi connectivity index (χ0v) is 21.5. The second kappa shape index (κ2) is 10.1. The van der Waals surface area contributed by atoms with Crippen molar-refractivity contribution in [2.75, 3.05) is 19.6 Å². The molecule has 1 saturated heterocycles. The van der Waals surface area contributed by atoms with E-state index in [1.807, 2.05) is 18.2 Å². The Hall–Kier alpha value is -3.16. The maximum absolute atomic E-state index is 13.9. The smallest absolute Gasteiger partial charge is 0.325 e. The van der Waals surface area contributed by atoms with E-state index in [9.17, 15) is 19.5 Å². The number of carbonyl (C=O) groups excluding carboxylic acids is 3. The number of hydrogen-bond donors (Lipinski definition) is 2. The van der Waals surface area contributed by atoms with Crippen LogP contribution in [0.4, 0.5) is 0 Å². The molecule has 2 aliphatic rings. The molecule has 1 aliphatic carbocycles. The summed E-state index contributed by atoms with van der Waals surface area (Å²) in [7, 11) is 0. The largest absolute Gasteiger partial charge is 0.506 e. The number of esters is 1. The minimum absolute atomic E-state index is 0.343. The number of aliphatic hydroxyl groups excluding tert-OH is 1. The maximum Gasteiger partial charge on any atom is 0.325 e. The summed E-state index contributed by atoms with van der Waals surface area (Å²) in [4.78, 5) is 41.4. The lowest BCUT2D eigenvalue weighted by Crippen LogP contribution is -2.51. The van der Waals surface area contributed by atoms with E-state index < -0.39 is 41.0 Å². The van der Waals surface area contributed by atoms with Gasteiger partial charge in [-0.2, -0.15) is 0 Å². The molecular formula is C28H31ClN2O5. The fraction of sp³-hybridized carbons (Fsp3) is 0.393. The number of carbonyl (C=O) groups is 3. The van der Waals surface area contributed by atoms with E-state index in [1.54, 1.807) is 39.0 Å². The van der Waals surface area contributed by atoms with E-state index in [1.165, 1.54) is 5.56 Å². The quantitative estimate of drug-likeness (QED) is 0.462. The van der Waals surface area contributed by atoms with E-state index in [0.717, 1.165) is 6.54 Å². The van der Waals surface area contributed by atoms with Crippen LogP contribution in [-0.4, -0.2) is 52.9 Å². The predicted molar refractivity (Wildman–Crippen MR) is 137 cm³/mol. The van der Waals surface area contributed by atoms with Crippen LogP contribution in [0.25, 0.3) is 5.76 Å². The van der Waals surface area contributed by atoms with Gasteiger partial charge in [0.05, 0.1) is 5.41 Å². The van der Waals surface area contributed by atoms with E-state index in [0.29, 0.717) is 42.1 Å². The normalized spacial score (nSPS) is 17.6. The molecule has 190 valence electrons. The number of hydrogen-bond acceptors (Lipinski definition) is 6. The number of benzene rings is 2. The molecule has 0 radical (unpaired) electrons. The van der Waals surface area contributed by atoms with Gasteiger partial charge in [-0.15, -0.1) is 0 Å². The standard InChI is InChI=1S/C28H31ClN2O5/c1-27(2,3)36-22(32)16-30-26(35)23-24(33)20-15-19(29)9-10-21(20)28(25(23)34)11-13-31(14-12-28)17-18-7-5-4-6-8-18/h4-10,15,33H,11-14,16-17H2,1-3H3,(H,30,35). The SMILES string of the molecule is CC(C)(C)OC(=O)CNC(=O)C1=C(O)c2cc(Cl)ccc2C2(CCN(Cc3ccccc3)CC2)C1=O. The first-order chi connectivity index (χ1) is 17.0. The second-order valence-corrected chi connectivity index (χ2v) is 10.8. The van der Waals surface area contributed by atoms with Crippen molar-refractivity contribution in [3.8, 4) is 0 Å². The van der Waals surface area contributed by atoms with Gasteiger partial charge in [0.2, 0.25) is 0 Å². The molecule has 1 fully saturated rings. The zero-order chi connectivity index (χ0) is 26.1. The number of ether oxygens (including phenoxy) is 1. The van der Waals surface area contributed by atoms with Crippen molar-refractivity contribution in [3.05, 3.63) is 75.8 Å². The van der Waals surface area contributed by atoms with Crippen LogP contribution in [0.15, 0.2) is 54.1 Å². The van der Waals surface area contributed by atoms with Crippen LogP contribution in [0.1, 0.15) is 50.3 Å². The Morgan fingerprint density at radius 1 is 1.11 bits per heavy atom. The highest BCUT2D eigenvalue weighted by Crippen LogP contribution is 2.46. The third-order valence-corrected chi connectivity index (χ3v) is 6.88. The highest BCUT2D eigenvalue weighted by atomic mass is 35.5. The summed E-state index contributed by atoms with van der Waals surface area (Å²) in [5.74, 6) is -2.29. The molecule has 0 bridgehead atoms. The molecular weight excluding hydrogens is 480 g/mol. The Kier molecular flexibility index (Phi) is 7.25. The Bertz CT molecular complexity index is 1210. The molecule has 0 unspecified atom stereocenters. The third kappa shape index (κ3) is 5.32. The number of likely N-dealkylation sites (tertiary alicyclic amines) is 1. The number of rotatable bonds is 5. The molecule has 1 amide bonds. The molecule has 4 rings (SSSR count). The Morgan fingerprint density at radius 3 is 2.42 bits per heavy atom. The van der Waals surface area contributed by atoms with Crippen molar-refractivity contribution in [1.82, 2.24) is 10.2 Å². The average Bonchev–Trinajstić information content (AvgIpc) is 2.82. The summed E-state index contributed by atoms with van der Waals surface area (Å²) in [6.07, 6.45) is 0.979. The summed E-state index contributed by atoms with van der Waals surface area (Å²) in [5, 5.41) is 13.8. The number of nitrogens with one attached hydrogen (secondary N) is 1. The van der Waals surface area contributed by atoms with Gasteiger partial charge in [-0.3, -0.25) is 19.3 Å². The summed E-state index contributed by atoms with van der Waals surface area (Å²) in [5.41, 5.74) is 0.230. The Balaban J connectivity index is 1.59. The van der Waals surface area contributed by atoms with Crippen LogP contribution in [0.3, 0.4) is 0 Å². The van der Waals surface area contributed by atoms with Crippen molar-refractivity contribution in [1.29, 1.82) is 0 Å². The van der Waals surface area contributed by atoms with Gasteiger partial charge in [-0.25, -0.2) is 0 Å². The molecule has 2 aromatic carbocycles. The minimum Gasteiger partial charge on any atom is -0.506 e. The number of nitrogens with zero attached hydrogens (tertiary/aromatic N) is 1. The molecule has 1 aliphatic heterocycles. The van der Waals surface area contributed by atoms with E-state index in [4.69, 9.17) is 16.3 Å². The van der Waals surface area contributed by atoms with Gasteiger partial charge in [0.1, 0.15) is 23.5 Å². The lowest BCUT2D eigenvalue weighted by Gasteiger charge is -2.44. The first kappa shape index (κ1) is 25.9. The molecule has 0 aromatic heterocycles. The lowest BCUT2D eigenvalue weighted by atomic mass is 9.63. The first-order valence-corrected chi connectivity index (χ1v) is 12.4. The number of ketones is 1. The summed E-state index contributed by atoms with van der Waals surface area (Å²) < 4.78 is 5.23. The van der Waals surface area contributed by atoms with Crippen LogP contribution in [0, 0.1) is 0 Å². The van der Waals surface area contributed by atoms with Crippen molar-refractivity contribution >= 4 is 35.0 Å². The maximum atomic E-state index is 13.9. The molecule has 8 heteroatoms. The number of amides is 1. The van der Waals surface area contributed by atoms with Gasteiger partial charge in [0, 0.05) is 17.1 Å². The van der Waals surface area contributed by atoms with Crippen molar-refractivity contribution in [3.63, 3.8) is 0 Å². The lowest BCUT2D eigenvalue weighted by molar-refractivity contribution is -0.154. The first-order valence-electron chi connectivity index (χ1n) is 12.0. The van der Waals surface area contributed by atoms with Crippen molar-refractivity contribution < 1.29 is 24.2 Å². The van der Waals surface area contributed by atoms with Gasteiger partial charge in [0.15, 0.2) is 5.78 Å². The van der Waals surface area contributed by atoms with Crippen LogP contribution in [-0.2, 0) is 31.1 Å². The molecule has 2 N–H and O–H groups in total. The van der Waals surface area contributed by atoms with Crippen LogP contribution < -0.4 is 5.32 Å². The molecule has 0 atom stereocenters. The summed E-state index contributed by atoms with van der Waals surface area (Å²) >= 11 is 6.22. The molecule has 1 heterocycles. The fourth-order valence-electron chi connectivity index (χ4n) is 4.99. The van der Waals surface area contributed by atoms with Crippen molar-refractivity contribution in [2.24, 2.45) is 0 Å². The van der Waals surface area contributed by atoms with E-state index in [-0.39, 0.29) is 5.57 Å². The summed E-state index contributed by atoms with van der Waals surface area (Å²) in [6, 6.07) is 15.2. The number of fused-ring (bicyclic) bond motifs is 2. The minimum atomic E-state index is -0.960. The predicted octanol–water partition coefficient (Wildman–Crippen LogP) is 4.18. The highest BCUT2D eigenvalue weighted by molar-refractivity contribution is 6.32. The van der Waals surface area contributed by atoms with Gasteiger partial charge in [0.25, 0.3) is 5.91 Å². The van der Waals surface area contributed by atoms with Gasteiger partial charge in [-0.05, 0) is 70.0 Å². The van der Waals surface area contributed by atoms with E-state index in [2.05, 4.69) is 22.3 Å². The molecule has 2 aromatic rings. The second-order valence-electron chi connectivity index (χ2n) is 10.4. The third-order valence-electron chi connectivity index (χ3n) is 6.65. The van der Waals surface area contributed by atoms with Crippen LogP contribution in [0.2, 0.25) is 5.02 Å². The van der Waals surface area contributed by atoms with Gasteiger partial charge in [-0.1, -0.05) is 48.0 Å². The molecule has 7 nitrogen and oxygen atoms in total. The molecule has 1 spiro atoms. The van der Waals surface area contributed by atoms with Crippen LogP contribution in [0.5, 0.6) is 0 Å². The number of halogens is 1. The molecule has 0 saturated carbocycles. The fourth-order valence-corrected chi connectivity index (χ4v) is 5.17. The van der Waals surface area contributed by atoms with Gasteiger partial charge < -0.3 is 15.2 Å². The Morgan fingerprint density at radius 2 is 1.78 bits per heavy atom. The summed E-state index contributed by atoms with van der Waals surface area (Å²) in [6.45, 7) is 6.82. The highest BCUT2D eigenvalue weighted by Gasteiger charge is 2.50. The zero-order valence-electron chi connectivity index (χ0n) is 20.8. The van der Waals surface area contributed by atoms with Crippen molar-refractivity contribution in [2.45, 2.75) is 51.2 Å². The number of Topliss-reactive ketones (excluding diaryl/α,β-unsaturated/α-hetero) is 1. The van der Waals surface area contributed by atoms with Gasteiger partial charge >= 0.3 is 5.97 Å².